The molecule has 0 aromatic rings. The quantitative estimate of drug-likeness (QED) is 0.463. The van der Waals surface area contributed by atoms with Gasteiger partial charge in [-0.1, -0.05) is 53.9 Å². The van der Waals surface area contributed by atoms with Gasteiger partial charge < -0.3 is 15.3 Å². The van der Waals surface area contributed by atoms with E-state index in [4.69, 9.17) is 0 Å². The zero-order valence-corrected chi connectivity index (χ0v) is 19.9. The van der Waals surface area contributed by atoms with E-state index in [1.54, 1.807) is 0 Å². The van der Waals surface area contributed by atoms with Crippen molar-refractivity contribution in [3.63, 3.8) is 0 Å². The highest BCUT2D eigenvalue weighted by Gasteiger charge is 2.55. The summed E-state index contributed by atoms with van der Waals surface area (Å²) < 4.78 is 0. The van der Waals surface area contributed by atoms with Crippen molar-refractivity contribution >= 4 is 0 Å². The smallest absolute Gasteiger partial charge is 0.0681 e. The summed E-state index contributed by atoms with van der Waals surface area (Å²) in [6.45, 7) is 14.7. The van der Waals surface area contributed by atoms with Crippen LogP contribution in [0.1, 0.15) is 119 Å². The van der Waals surface area contributed by atoms with Crippen molar-refractivity contribution in [2.75, 3.05) is 0 Å². The maximum atomic E-state index is 10.1. The number of fused-ring (bicyclic) bond motifs is 1. The van der Waals surface area contributed by atoms with Crippen molar-refractivity contribution in [3.05, 3.63) is 0 Å². The van der Waals surface area contributed by atoms with Crippen LogP contribution in [0.15, 0.2) is 0 Å². The molecule has 0 aromatic heterocycles. The molecule has 3 rings (SSSR count). The first-order chi connectivity index (χ1) is 12.9. The largest absolute Gasteiger partial charge is 0.390 e. The first-order valence-corrected chi connectivity index (χ1v) is 12.1. The minimum atomic E-state index is -0.547. The molecule has 0 aliphatic heterocycles. The molecule has 0 radical (unpaired) electrons. The lowest BCUT2D eigenvalue weighted by molar-refractivity contribution is -0.00604. The average molecular weight is 399 g/mol. The molecule has 0 saturated heterocycles. The molecular formula is C25H50O3. The first-order valence-electron chi connectivity index (χ1n) is 12.1. The fourth-order valence-corrected chi connectivity index (χ4v) is 5.37. The lowest BCUT2D eigenvalue weighted by Crippen LogP contribution is -2.32. The Morgan fingerprint density at radius 1 is 0.607 bits per heavy atom. The predicted molar refractivity (Wildman–Crippen MR) is 119 cm³/mol. The third-order valence-corrected chi connectivity index (χ3v) is 7.10. The Labute approximate surface area is 175 Å². The zero-order chi connectivity index (χ0) is 21.6. The summed E-state index contributed by atoms with van der Waals surface area (Å²) in [6.07, 6.45) is 11.7. The van der Waals surface area contributed by atoms with E-state index < -0.39 is 16.8 Å². The Hall–Kier alpha value is -0.120. The third-order valence-electron chi connectivity index (χ3n) is 7.10. The normalized spacial score (nSPS) is 46.5. The molecule has 0 spiro atoms. The van der Waals surface area contributed by atoms with Gasteiger partial charge in [0.2, 0.25) is 0 Å². The summed E-state index contributed by atoms with van der Waals surface area (Å²) in [5.74, 6) is 2.41. The molecule has 28 heavy (non-hydrogen) atoms. The minimum Gasteiger partial charge on any atom is -0.390 e. The Morgan fingerprint density at radius 2 is 1.11 bits per heavy atom. The second-order valence-corrected chi connectivity index (χ2v) is 10.9. The van der Waals surface area contributed by atoms with Crippen LogP contribution in [0.3, 0.4) is 0 Å². The van der Waals surface area contributed by atoms with Gasteiger partial charge in [0.05, 0.1) is 16.8 Å². The van der Waals surface area contributed by atoms with Gasteiger partial charge in [-0.05, 0) is 88.9 Å². The van der Waals surface area contributed by atoms with E-state index in [-0.39, 0.29) is 0 Å². The van der Waals surface area contributed by atoms with E-state index in [1.807, 2.05) is 27.7 Å². The standard InChI is InChI=1S/C12H24O.C11H20O2.C2H6/c1-10-5-4-6-11(2)9-12(3,13)8-7-10;1-8-3-4-11(13)7-9(11)6-10(2,12)5-8;1-2/h10-11,13H,4-9H2,1-3H3;8-9,12-13H,3-7H2,1-2H3;1-2H3. The molecule has 7 unspecified atom stereocenters. The number of rotatable bonds is 0. The number of hydrogen-bond acceptors (Lipinski definition) is 3. The molecule has 3 heteroatoms. The second kappa shape index (κ2) is 10.8. The predicted octanol–water partition coefficient (Wildman–Crippen LogP) is 6.09. The zero-order valence-electron chi connectivity index (χ0n) is 19.9. The molecule has 3 fully saturated rings. The molecule has 7 atom stereocenters. The maximum Gasteiger partial charge on any atom is 0.0681 e. The van der Waals surface area contributed by atoms with Crippen LogP contribution >= 0.6 is 0 Å². The van der Waals surface area contributed by atoms with Gasteiger partial charge in [0, 0.05) is 0 Å². The van der Waals surface area contributed by atoms with Gasteiger partial charge in [0.25, 0.3) is 0 Å². The Bertz CT molecular complexity index is 445. The van der Waals surface area contributed by atoms with Crippen molar-refractivity contribution < 1.29 is 15.3 Å². The molecule has 3 aliphatic carbocycles. The van der Waals surface area contributed by atoms with Crippen LogP contribution in [0.2, 0.25) is 0 Å². The van der Waals surface area contributed by atoms with Crippen LogP contribution in [-0.4, -0.2) is 32.1 Å². The van der Waals surface area contributed by atoms with E-state index in [1.165, 1.54) is 25.7 Å². The lowest BCUT2D eigenvalue weighted by Gasteiger charge is -2.30. The molecule has 168 valence electrons. The fraction of sp³-hybridized carbons (Fsp3) is 1.00. The molecule has 3 N–H and O–H groups in total. The lowest BCUT2D eigenvalue weighted by atomic mass is 9.82. The highest BCUT2D eigenvalue weighted by Crippen LogP contribution is 2.53. The third kappa shape index (κ3) is 9.13. The van der Waals surface area contributed by atoms with E-state index in [0.29, 0.717) is 17.8 Å². The van der Waals surface area contributed by atoms with Crippen molar-refractivity contribution in [1.82, 2.24) is 0 Å². The van der Waals surface area contributed by atoms with Gasteiger partial charge in [-0.15, -0.1) is 0 Å². The van der Waals surface area contributed by atoms with E-state index in [2.05, 4.69) is 20.8 Å². The van der Waals surface area contributed by atoms with Crippen molar-refractivity contribution in [3.8, 4) is 0 Å². The molecule has 0 bridgehead atoms. The maximum absolute atomic E-state index is 10.1. The van der Waals surface area contributed by atoms with Crippen LogP contribution in [0.5, 0.6) is 0 Å². The summed E-state index contributed by atoms with van der Waals surface area (Å²) in [5, 5.41) is 30.1. The summed E-state index contributed by atoms with van der Waals surface area (Å²) >= 11 is 0. The molecule has 3 saturated carbocycles. The highest BCUT2D eigenvalue weighted by molar-refractivity contribution is 5.07. The van der Waals surface area contributed by atoms with E-state index in [0.717, 1.165) is 50.9 Å². The van der Waals surface area contributed by atoms with Crippen molar-refractivity contribution in [2.45, 2.75) is 136 Å². The number of hydrogen-bond donors (Lipinski definition) is 3. The van der Waals surface area contributed by atoms with Crippen LogP contribution < -0.4 is 0 Å². The molecule has 0 aromatic carbocycles. The fourth-order valence-electron chi connectivity index (χ4n) is 5.37. The molecule has 0 heterocycles. The molecule has 3 nitrogen and oxygen atoms in total. The van der Waals surface area contributed by atoms with Gasteiger partial charge in [-0.25, -0.2) is 0 Å². The minimum absolute atomic E-state index is 0.370. The van der Waals surface area contributed by atoms with Crippen LogP contribution in [-0.2, 0) is 0 Å². The van der Waals surface area contributed by atoms with Crippen LogP contribution in [0.4, 0.5) is 0 Å². The summed E-state index contributed by atoms with van der Waals surface area (Å²) in [6, 6.07) is 0. The molecule has 3 aliphatic rings. The SMILES string of the molecule is CC.CC1CCC2(O)CC2CC(C)(O)C1.CC1CCCC(C)CC(C)(O)CC1. The van der Waals surface area contributed by atoms with Gasteiger partial charge >= 0.3 is 0 Å². The Balaban J connectivity index is 0.000000257. The summed E-state index contributed by atoms with van der Waals surface area (Å²) in [7, 11) is 0. The monoisotopic (exact) mass is 398 g/mol. The number of aliphatic hydroxyl groups is 3. The molecule has 0 amide bonds. The second-order valence-electron chi connectivity index (χ2n) is 10.9. The summed E-state index contributed by atoms with van der Waals surface area (Å²) in [5.41, 5.74) is -1.36. The van der Waals surface area contributed by atoms with Crippen LogP contribution in [0, 0.1) is 23.7 Å². The van der Waals surface area contributed by atoms with E-state index >= 15 is 0 Å². The van der Waals surface area contributed by atoms with E-state index in [9.17, 15) is 15.3 Å². The van der Waals surface area contributed by atoms with Gasteiger partial charge in [-0.2, -0.15) is 0 Å². The van der Waals surface area contributed by atoms with Crippen molar-refractivity contribution in [1.29, 1.82) is 0 Å². The highest BCUT2D eigenvalue weighted by atomic mass is 16.3. The molecular weight excluding hydrogens is 348 g/mol. The van der Waals surface area contributed by atoms with Crippen LogP contribution in [0.25, 0.3) is 0 Å². The Morgan fingerprint density at radius 3 is 1.75 bits per heavy atom. The topological polar surface area (TPSA) is 60.7 Å². The van der Waals surface area contributed by atoms with Gasteiger partial charge in [0.15, 0.2) is 0 Å². The first kappa shape index (κ1) is 25.9. The Kier molecular flexibility index (Phi) is 9.97. The van der Waals surface area contributed by atoms with Crippen molar-refractivity contribution in [2.24, 2.45) is 23.7 Å². The average Bonchev–Trinajstić information content (AvgIpc) is 3.18. The van der Waals surface area contributed by atoms with Gasteiger partial charge in [0.1, 0.15) is 0 Å². The van der Waals surface area contributed by atoms with Gasteiger partial charge in [-0.3, -0.25) is 0 Å². The summed E-state index contributed by atoms with van der Waals surface area (Å²) in [4.78, 5) is 0.